The van der Waals surface area contributed by atoms with Gasteiger partial charge in [-0.15, -0.1) is 0 Å². The molecule has 0 radical (unpaired) electrons. The van der Waals surface area contributed by atoms with Crippen LogP contribution >= 0.6 is 0 Å². The zero-order valence-electron chi connectivity index (χ0n) is 17.0. The average Bonchev–Trinajstić information content (AvgIpc) is 2.62. The van der Waals surface area contributed by atoms with Crippen molar-refractivity contribution in [3.8, 4) is 0 Å². The molecule has 0 amide bonds. The molecule has 10 heteroatoms. The second-order valence-corrected chi connectivity index (χ2v) is 10.3. The summed E-state index contributed by atoms with van der Waals surface area (Å²) in [6.07, 6.45) is 0. The van der Waals surface area contributed by atoms with Gasteiger partial charge in [0.2, 0.25) is 5.95 Å². The third kappa shape index (κ3) is 4.95. The van der Waals surface area contributed by atoms with Crippen molar-refractivity contribution < 1.29 is 16.8 Å². The maximum atomic E-state index is 12.7. The van der Waals surface area contributed by atoms with Crippen LogP contribution in [0, 0.1) is 27.7 Å². The SMILES string of the molecule is Cc1ccc(C)c(S(=O)(=O)Nc2ccc(S(=O)(=O)Nc3nc(C)cc(C)n3)cc2)c1. The van der Waals surface area contributed by atoms with Crippen molar-refractivity contribution in [2.75, 3.05) is 9.44 Å². The summed E-state index contributed by atoms with van der Waals surface area (Å²) in [5, 5.41) is 0. The van der Waals surface area contributed by atoms with E-state index in [0.717, 1.165) is 5.56 Å². The molecule has 0 spiro atoms. The average molecular weight is 447 g/mol. The molecule has 0 saturated heterocycles. The molecule has 0 atom stereocenters. The Kier molecular flexibility index (Phi) is 5.82. The predicted molar refractivity (Wildman–Crippen MR) is 115 cm³/mol. The Balaban J connectivity index is 1.82. The Morgan fingerprint density at radius 3 is 1.90 bits per heavy atom. The van der Waals surface area contributed by atoms with Crippen LogP contribution in [-0.2, 0) is 20.0 Å². The summed E-state index contributed by atoms with van der Waals surface area (Å²) in [7, 11) is -7.73. The van der Waals surface area contributed by atoms with Gasteiger partial charge >= 0.3 is 0 Å². The third-order valence-electron chi connectivity index (χ3n) is 4.26. The van der Waals surface area contributed by atoms with Gasteiger partial charge in [-0.05, 0) is 75.2 Å². The Morgan fingerprint density at radius 1 is 0.700 bits per heavy atom. The van der Waals surface area contributed by atoms with Crippen molar-refractivity contribution >= 4 is 31.7 Å². The van der Waals surface area contributed by atoms with Gasteiger partial charge in [0.15, 0.2) is 0 Å². The Hall–Kier alpha value is -2.98. The molecule has 1 aromatic heterocycles. The predicted octanol–water partition coefficient (Wildman–Crippen LogP) is 3.31. The molecule has 30 heavy (non-hydrogen) atoms. The minimum atomic E-state index is -3.92. The third-order valence-corrected chi connectivity index (χ3v) is 7.13. The van der Waals surface area contributed by atoms with Crippen molar-refractivity contribution in [3.05, 3.63) is 71.0 Å². The van der Waals surface area contributed by atoms with E-state index in [1.54, 1.807) is 39.0 Å². The lowest BCUT2D eigenvalue weighted by atomic mass is 10.2. The second-order valence-electron chi connectivity index (χ2n) is 6.98. The van der Waals surface area contributed by atoms with Crippen molar-refractivity contribution in [1.29, 1.82) is 0 Å². The van der Waals surface area contributed by atoms with Gasteiger partial charge in [0, 0.05) is 17.1 Å². The van der Waals surface area contributed by atoms with Gasteiger partial charge in [0.05, 0.1) is 9.79 Å². The number of nitrogens with one attached hydrogen (secondary N) is 2. The largest absolute Gasteiger partial charge is 0.280 e. The molecule has 2 aromatic carbocycles. The number of sulfonamides is 2. The highest BCUT2D eigenvalue weighted by molar-refractivity contribution is 7.93. The fourth-order valence-electron chi connectivity index (χ4n) is 2.86. The van der Waals surface area contributed by atoms with E-state index in [-0.39, 0.29) is 21.4 Å². The Bertz CT molecular complexity index is 1280. The number of benzene rings is 2. The molecule has 0 aliphatic rings. The van der Waals surface area contributed by atoms with E-state index in [0.29, 0.717) is 17.0 Å². The smallest absolute Gasteiger partial charge is 0.264 e. The molecule has 0 aliphatic heterocycles. The van der Waals surface area contributed by atoms with Crippen LogP contribution in [0.25, 0.3) is 0 Å². The van der Waals surface area contributed by atoms with Crippen LogP contribution in [0.5, 0.6) is 0 Å². The molecule has 0 aliphatic carbocycles. The lowest BCUT2D eigenvalue weighted by molar-refractivity contribution is 0.599. The number of aromatic nitrogens is 2. The number of anilines is 2. The van der Waals surface area contributed by atoms with Gasteiger partial charge in [0.1, 0.15) is 0 Å². The van der Waals surface area contributed by atoms with Gasteiger partial charge in [0.25, 0.3) is 20.0 Å². The van der Waals surface area contributed by atoms with Crippen LogP contribution < -0.4 is 9.44 Å². The summed E-state index contributed by atoms with van der Waals surface area (Å²) in [5.74, 6) is -0.0211. The van der Waals surface area contributed by atoms with Crippen LogP contribution in [0.15, 0.2) is 58.3 Å². The van der Waals surface area contributed by atoms with E-state index >= 15 is 0 Å². The first-order chi connectivity index (χ1) is 14.0. The van der Waals surface area contributed by atoms with Crippen molar-refractivity contribution in [2.45, 2.75) is 37.5 Å². The summed E-state index contributed by atoms with van der Waals surface area (Å²) in [4.78, 5) is 8.27. The number of hydrogen-bond acceptors (Lipinski definition) is 6. The molecule has 2 N–H and O–H groups in total. The number of aryl methyl sites for hydroxylation is 4. The summed E-state index contributed by atoms with van der Waals surface area (Å²) >= 11 is 0. The molecule has 3 aromatic rings. The first-order valence-corrected chi connectivity index (χ1v) is 12.0. The monoisotopic (exact) mass is 446 g/mol. The van der Waals surface area contributed by atoms with Crippen molar-refractivity contribution in [1.82, 2.24) is 9.97 Å². The minimum absolute atomic E-state index is 0.0211. The maximum absolute atomic E-state index is 12.7. The van der Waals surface area contributed by atoms with Gasteiger partial charge < -0.3 is 0 Å². The maximum Gasteiger partial charge on any atom is 0.264 e. The van der Waals surface area contributed by atoms with Crippen LogP contribution in [-0.4, -0.2) is 26.8 Å². The van der Waals surface area contributed by atoms with Crippen molar-refractivity contribution in [2.24, 2.45) is 0 Å². The summed E-state index contributed by atoms with van der Waals surface area (Å²) in [6, 6.07) is 12.3. The molecule has 1 heterocycles. The molecular weight excluding hydrogens is 424 g/mol. The van der Waals surface area contributed by atoms with E-state index in [4.69, 9.17) is 0 Å². The first kappa shape index (κ1) is 21.7. The topological polar surface area (TPSA) is 118 Å². The molecule has 0 fully saturated rings. The fraction of sp³-hybridized carbons (Fsp3) is 0.200. The molecule has 158 valence electrons. The number of nitrogens with zero attached hydrogens (tertiary/aromatic N) is 2. The number of rotatable bonds is 6. The van der Waals surface area contributed by atoms with Crippen molar-refractivity contribution in [3.63, 3.8) is 0 Å². The van der Waals surface area contributed by atoms with Gasteiger partial charge in [-0.25, -0.2) is 31.5 Å². The highest BCUT2D eigenvalue weighted by Crippen LogP contribution is 2.22. The highest BCUT2D eigenvalue weighted by Gasteiger charge is 2.19. The number of hydrogen-bond donors (Lipinski definition) is 2. The molecule has 0 bridgehead atoms. The van der Waals surface area contributed by atoms with E-state index < -0.39 is 20.0 Å². The van der Waals surface area contributed by atoms with E-state index in [9.17, 15) is 16.8 Å². The molecular formula is C20H22N4O4S2. The highest BCUT2D eigenvalue weighted by atomic mass is 32.2. The van der Waals surface area contributed by atoms with E-state index in [1.807, 2.05) is 13.0 Å². The fourth-order valence-corrected chi connectivity index (χ4v) is 5.19. The summed E-state index contributed by atoms with van der Waals surface area (Å²) in [5.41, 5.74) is 2.96. The Labute approximate surface area is 176 Å². The normalized spacial score (nSPS) is 11.9. The minimum Gasteiger partial charge on any atom is -0.280 e. The van der Waals surface area contributed by atoms with Crippen LogP contribution in [0.2, 0.25) is 0 Å². The summed E-state index contributed by atoms with van der Waals surface area (Å²) in [6.45, 7) is 7.00. The first-order valence-electron chi connectivity index (χ1n) is 9.01. The quantitative estimate of drug-likeness (QED) is 0.600. The standard InChI is InChI=1S/C20H22N4O4S2/c1-13-5-6-14(2)19(11-13)30(27,28)23-17-7-9-18(10-8-17)29(25,26)24-20-21-15(3)12-16(4)22-20/h5-12,23H,1-4H3,(H,21,22,24). The summed E-state index contributed by atoms with van der Waals surface area (Å²) < 4.78 is 55.4. The lowest BCUT2D eigenvalue weighted by Gasteiger charge is -2.12. The van der Waals surface area contributed by atoms with E-state index in [2.05, 4.69) is 19.4 Å². The molecule has 0 unspecified atom stereocenters. The van der Waals surface area contributed by atoms with Crippen LogP contribution in [0.1, 0.15) is 22.5 Å². The molecule has 3 rings (SSSR count). The zero-order valence-corrected chi connectivity index (χ0v) is 18.6. The van der Waals surface area contributed by atoms with E-state index in [1.165, 1.54) is 24.3 Å². The molecule has 8 nitrogen and oxygen atoms in total. The zero-order chi connectivity index (χ0) is 22.1. The van der Waals surface area contributed by atoms with Gasteiger partial charge in [-0.3, -0.25) is 4.72 Å². The molecule has 0 saturated carbocycles. The lowest BCUT2D eigenvalue weighted by Crippen LogP contribution is -2.16. The Morgan fingerprint density at radius 2 is 1.30 bits per heavy atom. The second kappa shape index (κ2) is 8.04. The van der Waals surface area contributed by atoms with Crippen LogP contribution in [0.4, 0.5) is 11.6 Å². The van der Waals surface area contributed by atoms with Gasteiger partial charge in [-0.1, -0.05) is 12.1 Å². The van der Waals surface area contributed by atoms with Gasteiger partial charge in [-0.2, -0.15) is 0 Å². The van der Waals surface area contributed by atoms with Crippen LogP contribution in [0.3, 0.4) is 0 Å².